The molecule has 5 rings (SSSR count). The van der Waals surface area contributed by atoms with Gasteiger partial charge in [0, 0.05) is 36.6 Å². The number of fused-ring (bicyclic) bond motifs is 1. The van der Waals surface area contributed by atoms with Crippen LogP contribution in [0.25, 0.3) is 5.65 Å². The van der Waals surface area contributed by atoms with E-state index in [0.29, 0.717) is 13.1 Å². The number of benzene rings is 1. The van der Waals surface area contributed by atoms with Gasteiger partial charge in [-0.15, -0.1) is 0 Å². The molecule has 0 radical (unpaired) electrons. The first-order chi connectivity index (χ1) is 15.7. The molecule has 4 aromatic rings. The highest BCUT2D eigenvalue weighted by Crippen LogP contribution is 2.39. The highest BCUT2D eigenvalue weighted by molar-refractivity contribution is 5.49. The van der Waals surface area contributed by atoms with Crippen molar-refractivity contribution in [3.05, 3.63) is 71.9 Å². The van der Waals surface area contributed by atoms with Crippen molar-refractivity contribution in [2.75, 3.05) is 24.9 Å². The van der Waals surface area contributed by atoms with Gasteiger partial charge in [-0.25, -0.2) is 15.0 Å². The zero-order chi connectivity index (χ0) is 21.9. The van der Waals surface area contributed by atoms with Gasteiger partial charge < -0.3 is 24.5 Å². The molecule has 164 valence electrons. The Morgan fingerprint density at radius 2 is 1.75 bits per heavy atom. The Morgan fingerprint density at radius 3 is 2.50 bits per heavy atom. The zero-order valence-electron chi connectivity index (χ0n) is 18.2. The van der Waals surface area contributed by atoms with E-state index in [1.54, 1.807) is 20.5 Å². The summed E-state index contributed by atoms with van der Waals surface area (Å²) in [5.41, 5.74) is 4.34. The summed E-state index contributed by atoms with van der Waals surface area (Å²) in [7, 11) is 3.29. The Labute approximate surface area is 186 Å². The molecule has 3 heterocycles. The van der Waals surface area contributed by atoms with E-state index in [4.69, 9.17) is 14.5 Å². The number of nitrogens with one attached hydrogen (secondary N) is 2. The van der Waals surface area contributed by atoms with Crippen LogP contribution in [0.15, 0.2) is 55.1 Å². The van der Waals surface area contributed by atoms with Crippen LogP contribution in [0.2, 0.25) is 0 Å². The molecule has 8 nitrogen and oxygen atoms in total. The van der Waals surface area contributed by atoms with Crippen LogP contribution in [0, 0.1) is 0 Å². The van der Waals surface area contributed by atoms with Crippen LogP contribution in [0.5, 0.6) is 11.5 Å². The maximum absolute atomic E-state index is 5.46. The van der Waals surface area contributed by atoms with E-state index in [1.807, 2.05) is 24.3 Å². The molecule has 0 bridgehead atoms. The van der Waals surface area contributed by atoms with Gasteiger partial charge in [-0.1, -0.05) is 6.07 Å². The first kappa shape index (κ1) is 20.1. The molecule has 2 N–H and O–H groups in total. The molecule has 0 atom stereocenters. The van der Waals surface area contributed by atoms with Gasteiger partial charge in [0.2, 0.25) is 0 Å². The molecule has 1 aliphatic carbocycles. The Kier molecular flexibility index (Phi) is 5.49. The van der Waals surface area contributed by atoms with Crippen LogP contribution in [0.1, 0.15) is 35.6 Å². The molecule has 8 heteroatoms. The molecule has 0 aliphatic heterocycles. The summed E-state index contributed by atoms with van der Waals surface area (Å²) in [6.45, 7) is 1.16. The molecule has 1 fully saturated rings. The van der Waals surface area contributed by atoms with Crippen LogP contribution in [0.4, 0.5) is 11.6 Å². The smallest absolute Gasteiger partial charge is 0.137 e. The van der Waals surface area contributed by atoms with Gasteiger partial charge in [0.1, 0.15) is 35.1 Å². The molecule has 1 saturated carbocycles. The molecular weight excluding hydrogens is 404 g/mol. The Bertz CT molecular complexity index is 1230. The summed E-state index contributed by atoms with van der Waals surface area (Å²) < 4.78 is 12.8. The lowest BCUT2D eigenvalue weighted by Crippen LogP contribution is -2.06. The highest BCUT2D eigenvalue weighted by atomic mass is 16.5. The van der Waals surface area contributed by atoms with Crippen molar-refractivity contribution in [3.8, 4) is 11.5 Å². The maximum Gasteiger partial charge on any atom is 0.137 e. The summed E-state index contributed by atoms with van der Waals surface area (Å²) in [6, 6.07) is 11.9. The monoisotopic (exact) mass is 430 g/mol. The summed E-state index contributed by atoms with van der Waals surface area (Å²) in [5, 5.41) is 6.66. The predicted octanol–water partition coefficient (Wildman–Crippen LogP) is 4.24. The maximum atomic E-state index is 5.46. The summed E-state index contributed by atoms with van der Waals surface area (Å²) >= 11 is 0. The number of methoxy groups -OCH3 is 2. The molecule has 0 unspecified atom stereocenters. The van der Waals surface area contributed by atoms with Gasteiger partial charge in [0.25, 0.3) is 0 Å². The number of ether oxygens (including phenoxy) is 2. The lowest BCUT2D eigenvalue weighted by molar-refractivity contribution is 0.391. The van der Waals surface area contributed by atoms with E-state index in [0.717, 1.165) is 46.0 Å². The highest BCUT2D eigenvalue weighted by Gasteiger charge is 2.23. The quantitative estimate of drug-likeness (QED) is 0.411. The third-order valence-electron chi connectivity index (χ3n) is 5.64. The number of nitrogens with zero attached hydrogens (tertiary/aromatic N) is 4. The number of aromatic nitrogens is 4. The minimum absolute atomic E-state index is 0.569. The van der Waals surface area contributed by atoms with Gasteiger partial charge in [0.15, 0.2) is 0 Å². The average Bonchev–Trinajstić information content (AvgIpc) is 3.60. The van der Waals surface area contributed by atoms with E-state index in [-0.39, 0.29) is 0 Å². The molecule has 32 heavy (non-hydrogen) atoms. The standard InChI is InChI=1S/C24H26N6O2/c1-31-20-7-5-17(21(9-20)32-2)11-25-22-10-23(28-15-27-22)26-12-19-14-30-13-18(16-3-4-16)6-8-24(30)29-19/h5-10,13-16H,3-4,11-12H2,1-2H3,(H2,25,26,27,28). The molecule has 0 spiro atoms. The topological polar surface area (TPSA) is 85.6 Å². The lowest BCUT2D eigenvalue weighted by atomic mass is 10.2. The van der Waals surface area contributed by atoms with E-state index < -0.39 is 0 Å². The van der Waals surface area contributed by atoms with Gasteiger partial charge in [-0.2, -0.15) is 0 Å². The third kappa shape index (κ3) is 4.44. The molecule has 0 saturated heterocycles. The molecule has 1 aliphatic rings. The first-order valence-corrected chi connectivity index (χ1v) is 10.7. The fraction of sp³-hybridized carbons (Fsp3) is 0.292. The summed E-state index contributed by atoms with van der Waals surface area (Å²) in [4.78, 5) is 13.3. The first-order valence-electron chi connectivity index (χ1n) is 10.7. The van der Waals surface area contributed by atoms with Gasteiger partial charge in [-0.05, 0) is 42.5 Å². The van der Waals surface area contributed by atoms with Gasteiger partial charge in [-0.3, -0.25) is 0 Å². The van der Waals surface area contributed by atoms with Crippen molar-refractivity contribution in [2.24, 2.45) is 0 Å². The van der Waals surface area contributed by atoms with E-state index in [1.165, 1.54) is 18.4 Å². The normalized spacial score (nSPS) is 13.2. The summed E-state index contributed by atoms with van der Waals surface area (Å²) in [6.07, 6.45) is 8.41. The van der Waals surface area contributed by atoms with E-state index >= 15 is 0 Å². The zero-order valence-corrected chi connectivity index (χ0v) is 18.2. The largest absolute Gasteiger partial charge is 0.497 e. The predicted molar refractivity (Wildman–Crippen MR) is 123 cm³/mol. The summed E-state index contributed by atoms with van der Waals surface area (Å²) in [5.74, 6) is 3.72. The SMILES string of the molecule is COc1ccc(CNc2cc(NCc3cn4cc(C5CC5)ccc4n3)ncn2)c(OC)c1. The van der Waals surface area contributed by atoms with Crippen molar-refractivity contribution >= 4 is 17.3 Å². The minimum Gasteiger partial charge on any atom is -0.497 e. The number of hydrogen-bond acceptors (Lipinski definition) is 7. The van der Waals surface area contributed by atoms with E-state index in [9.17, 15) is 0 Å². The van der Waals surface area contributed by atoms with Gasteiger partial charge in [0.05, 0.1) is 26.5 Å². The number of anilines is 2. The van der Waals surface area contributed by atoms with Crippen LogP contribution in [0.3, 0.4) is 0 Å². The fourth-order valence-electron chi connectivity index (χ4n) is 3.72. The van der Waals surface area contributed by atoms with Crippen molar-refractivity contribution in [2.45, 2.75) is 31.8 Å². The van der Waals surface area contributed by atoms with Crippen molar-refractivity contribution in [1.29, 1.82) is 0 Å². The van der Waals surface area contributed by atoms with E-state index in [2.05, 4.69) is 49.5 Å². The number of imidazole rings is 1. The van der Waals surface area contributed by atoms with Crippen LogP contribution < -0.4 is 20.1 Å². The number of pyridine rings is 1. The second kappa shape index (κ2) is 8.74. The Morgan fingerprint density at radius 1 is 0.938 bits per heavy atom. The average molecular weight is 431 g/mol. The van der Waals surface area contributed by atoms with Crippen molar-refractivity contribution in [3.63, 3.8) is 0 Å². The molecule has 1 aromatic carbocycles. The fourth-order valence-corrected chi connectivity index (χ4v) is 3.72. The Hall–Kier alpha value is -3.81. The van der Waals surface area contributed by atoms with Gasteiger partial charge >= 0.3 is 0 Å². The number of rotatable bonds is 9. The van der Waals surface area contributed by atoms with Crippen molar-refractivity contribution < 1.29 is 9.47 Å². The minimum atomic E-state index is 0.569. The molecular formula is C24H26N6O2. The van der Waals surface area contributed by atoms with Crippen LogP contribution >= 0.6 is 0 Å². The second-order valence-corrected chi connectivity index (χ2v) is 7.91. The molecule has 0 amide bonds. The Balaban J connectivity index is 1.22. The van der Waals surface area contributed by atoms with Crippen LogP contribution in [-0.2, 0) is 13.1 Å². The van der Waals surface area contributed by atoms with Crippen LogP contribution in [-0.4, -0.2) is 33.6 Å². The van der Waals surface area contributed by atoms with Crippen molar-refractivity contribution in [1.82, 2.24) is 19.4 Å². The second-order valence-electron chi connectivity index (χ2n) is 7.91. The molecule has 3 aromatic heterocycles. The third-order valence-corrected chi connectivity index (χ3v) is 5.64. The number of hydrogen-bond donors (Lipinski definition) is 2. The lowest BCUT2D eigenvalue weighted by Gasteiger charge is -2.12.